The fraction of sp³-hybridized carbons (Fsp3) is 0.500. The van der Waals surface area contributed by atoms with E-state index in [4.69, 9.17) is 86.4 Å². The van der Waals surface area contributed by atoms with E-state index in [9.17, 15) is 0 Å². The number of carboxylic acid groups (broad SMARTS) is 4. The molecule has 0 radical (unpaired) electrons. The van der Waals surface area contributed by atoms with Crippen LogP contribution in [0.5, 0.6) is 0 Å². The van der Waals surface area contributed by atoms with Crippen LogP contribution in [-0.2, 0) is 19.2 Å². The van der Waals surface area contributed by atoms with Crippen molar-refractivity contribution in [2.45, 2.75) is 0 Å². The lowest BCUT2D eigenvalue weighted by molar-refractivity contribution is -0.303. The van der Waals surface area contributed by atoms with Crippen LogP contribution in [-0.4, -0.2) is 92.8 Å². The van der Waals surface area contributed by atoms with Crippen LogP contribution >= 0.6 is 23.2 Å². The molecule has 14 nitrogen and oxygen atoms in total. The van der Waals surface area contributed by atoms with Gasteiger partial charge in [-0.05, 0) is 5.06 Å². The molecule has 0 atom stereocenters. The third kappa shape index (κ3) is 38.7. The predicted molar refractivity (Wildman–Crippen MR) is 86.6 cm³/mol. The molecule has 0 aliphatic rings. The fourth-order valence-electron chi connectivity index (χ4n) is 0.515. The number of carbonyl (C=O) groups is 4. The highest BCUT2D eigenvalue weighted by Gasteiger charge is 2.01. The molecular weight excluding hydrogens is 431 g/mol. The first kappa shape index (κ1) is 32.9. The van der Waals surface area contributed by atoms with Crippen LogP contribution < -0.4 is 10.2 Å². The van der Waals surface area contributed by atoms with E-state index in [1.54, 1.807) is 0 Å². The summed E-state index contributed by atoms with van der Waals surface area (Å²) in [5.41, 5.74) is 0. The van der Waals surface area contributed by atoms with E-state index in [0.29, 0.717) is 29.9 Å². The van der Waals surface area contributed by atoms with Crippen LogP contribution in [0.1, 0.15) is 0 Å². The summed E-state index contributed by atoms with van der Waals surface area (Å²) in [4.78, 5) is 41.7. The standard InChI is InChI=1S/C4H9Cl2NO.C4H5N3O.2C2H2O4/c5-1-3-7(8)4-2-6;1-5-3-7(8)4-6-2;2*3-1(4)2(5)6/h8H,1-4H2;8H,3-4H2;2*(H,3,4)(H,5,6)/p-2. The van der Waals surface area contributed by atoms with Crippen LogP contribution in [0.25, 0.3) is 9.69 Å². The first-order valence-corrected chi connectivity index (χ1v) is 7.52. The molecule has 28 heavy (non-hydrogen) atoms. The summed E-state index contributed by atoms with van der Waals surface area (Å²) in [5, 5.41) is 51.6. The SMILES string of the molecule is O=C([O-])C(=O)O.O=C([O-])C(=O)O.ON(CCCl)CCCl.[C-]#[N+]CN(O)C[N+]#[C-]. The molecule has 0 heterocycles. The Morgan fingerprint density at radius 3 is 1.18 bits per heavy atom. The molecule has 0 spiro atoms. The van der Waals surface area contributed by atoms with Gasteiger partial charge in [0.1, 0.15) is 0 Å². The van der Waals surface area contributed by atoms with Crippen LogP contribution in [0.4, 0.5) is 0 Å². The van der Waals surface area contributed by atoms with E-state index in [1.165, 1.54) is 0 Å². The van der Waals surface area contributed by atoms with Crippen LogP contribution in [0.15, 0.2) is 0 Å². The van der Waals surface area contributed by atoms with Crippen LogP contribution in [0.2, 0.25) is 0 Å². The lowest BCUT2D eigenvalue weighted by Gasteiger charge is -2.08. The lowest BCUT2D eigenvalue weighted by Crippen LogP contribution is -2.30. The van der Waals surface area contributed by atoms with E-state index < -0.39 is 23.9 Å². The monoisotopic (exact) mass is 446 g/mol. The van der Waals surface area contributed by atoms with Crippen molar-refractivity contribution in [3.05, 3.63) is 22.8 Å². The number of aliphatic carboxylic acids is 4. The average Bonchev–Trinajstić information content (AvgIpc) is 2.57. The number of carboxylic acids is 4. The minimum atomic E-state index is -2.07. The minimum absolute atomic E-state index is 0.123. The molecule has 0 aromatic heterocycles. The van der Waals surface area contributed by atoms with Gasteiger partial charge in [0.05, 0.1) is 0 Å². The number of hydroxylamine groups is 4. The number of rotatable bonds is 6. The van der Waals surface area contributed by atoms with Crippen molar-refractivity contribution >= 4 is 47.1 Å². The Morgan fingerprint density at radius 1 is 0.786 bits per heavy atom. The average molecular weight is 447 g/mol. The van der Waals surface area contributed by atoms with E-state index >= 15 is 0 Å². The number of hydrogen-bond acceptors (Lipinski definition) is 10. The van der Waals surface area contributed by atoms with Gasteiger partial charge in [0.25, 0.3) is 13.3 Å². The summed E-state index contributed by atoms with van der Waals surface area (Å²) in [6.07, 6.45) is 0. The smallest absolute Gasteiger partial charge is 0.351 e. The van der Waals surface area contributed by atoms with Crippen molar-refractivity contribution in [1.82, 2.24) is 10.1 Å². The van der Waals surface area contributed by atoms with Gasteiger partial charge in [-0.3, -0.25) is 9.69 Å². The number of halogens is 2. The molecular formula is C12H16Cl2N4O10-2. The molecule has 0 aromatic rings. The van der Waals surface area contributed by atoms with Crippen LogP contribution in [0, 0.1) is 13.1 Å². The Balaban J connectivity index is -0.000000139. The van der Waals surface area contributed by atoms with Crippen molar-refractivity contribution in [2.75, 3.05) is 38.2 Å². The minimum Gasteiger partial charge on any atom is -0.539 e. The number of alkyl halides is 2. The molecule has 0 fully saturated rings. The van der Waals surface area contributed by atoms with E-state index in [-0.39, 0.29) is 13.3 Å². The third-order valence-corrected chi connectivity index (χ3v) is 1.84. The topological polar surface area (TPSA) is 211 Å². The molecule has 16 heteroatoms. The zero-order valence-corrected chi connectivity index (χ0v) is 15.5. The second-order valence-corrected chi connectivity index (χ2v) is 4.38. The second-order valence-electron chi connectivity index (χ2n) is 3.62. The Bertz CT molecular complexity index is 480. The van der Waals surface area contributed by atoms with Gasteiger partial charge in [0.15, 0.2) is 11.9 Å². The molecule has 160 valence electrons. The van der Waals surface area contributed by atoms with Crippen molar-refractivity contribution < 1.29 is 50.0 Å². The Morgan fingerprint density at radius 2 is 1.04 bits per heavy atom. The third-order valence-electron chi connectivity index (χ3n) is 1.50. The van der Waals surface area contributed by atoms with Crippen molar-refractivity contribution in [2.24, 2.45) is 0 Å². The number of hydrogen-bond donors (Lipinski definition) is 4. The molecule has 0 amide bonds. The highest BCUT2D eigenvalue weighted by atomic mass is 35.5. The van der Waals surface area contributed by atoms with Gasteiger partial charge in [-0.25, -0.2) is 22.7 Å². The van der Waals surface area contributed by atoms with Gasteiger partial charge in [0, 0.05) is 24.8 Å². The highest BCUT2D eigenvalue weighted by molar-refractivity contribution is 6.26. The number of carbonyl (C=O) groups excluding carboxylic acids is 2. The van der Waals surface area contributed by atoms with Gasteiger partial charge in [0.2, 0.25) is 0 Å². The predicted octanol–water partition coefficient (Wildman–Crippen LogP) is -2.77. The molecule has 0 rings (SSSR count). The molecule has 0 saturated heterocycles. The maximum absolute atomic E-state index is 9.04. The van der Waals surface area contributed by atoms with Gasteiger partial charge in [-0.15, -0.1) is 23.2 Å². The van der Waals surface area contributed by atoms with Crippen molar-refractivity contribution in [3.8, 4) is 0 Å². The Hall–Kier alpha value is -2.72. The van der Waals surface area contributed by atoms with Crippen molar-refractivity contribution in [3.63, 3.8) is 0 Å². The first-order valence-electron chi connectivity index (χ1n) is 6.45. The van der Waals surface area contributed by atoms with E-state index in [0.717, 1.165) is 5.06 Å². The molecule has 4 N–H and O–H groups in total. The van der Waals surface area contributed by atoms with E-state index in [1.807, 2.05) is 0 Å². The molecule has 0 aliphatic carbocycles. The molecule has 0 aliphatic heterocycles. The summed E-state index contributed by atoms with van der Waals surface area (Å²) in [6, 6.07) is 0. The molecule has 0 aromatic carbocycles. The first-order chi connectivity index (χ1) is 12.9. The normalized spacial score (nSPS) is 8.43. The summed E-state index contributed by atoms with van der Waals surface area (Å²) in [6.45, 7) is 13.2. The van der Waals surface area contributed by atoms with Gasteiger partial charge in [-0.2, -0.15) is 5.06 Å². The fourth-order valence-corrected chi connectivity index (χ4v) is 0.905. The number of nitrogens with zero attached hydrogens (tertiary/aromatic N) is 4. The Kier molecular flexibility index (Phi) is 28.5. The van der Waals surface area contributed by atoms with Gasteiger partial charge >= 0.3 is 11.9 Å². The Labute approximate surface area is 168 Å². The summed E-state index contributed by atoms with van der Waals surface area (Å²) < 4.78 is 0. The molecule has 0 bridgehead atoms. The summed E-state index contributed by atoms with van der Waals surface area (Å²) >= 11 is 10.6. The molecule has 0 saturated carbocycles. The lowest BCUT2D eigenvalue weighted by atomic mass is 10.6. The zero-order valence-electron chi connectivity index (χ0n) is 14.0. The maximum Gasteiger partial charge on any atom is 0.351 e. The van der Waals surface area contributed by atoms with E-state index in [2.05, 4.69) is 9.69 Å². The van der Waals surface area contributed by atoms with Crippen LogP contribution in [0.3, 0.4) is 0 Å². The maximum atomic E-state index is 9.04. The highest BCUT2D eigenvalue weighted by Crippen LogP contribution is 1.84. The summed E-state index contributed by atoms with van der Waals surface area (Å²) in [5.74, 6) is -7.14. The second kappa shape index (κ2) is 24.3. The van der Waals surface area contributed by atoms with Gasteiger partial charge in [-0.1, -0.05) is 0 Å². The quantitative estimate of drug-likeness (QED) is 0.141. The zero-order chi connectivity index (χ0) is 23.1. The largest absolute Gasteiger partial charge is 0.539 e. The molecule has 0 unspecified atom stereocenters. The van der Waals surface area contributed by atoms with Gasteiger partial charge < -0.3 is 40.4 Å². The van der Waals surface area contributed by atoms with Crippen molar-refractivity contribution in [1.29, 1.82) is 0 Å². The summed E-state index contributed by atoms with van der Waals surface area (Å²) in [7, 11) is 0.